The molecule has 2 fully saturated rings. The van der Waals surface area contributed by atoms with E-state index < -0.39 is 12.2 Å². The highest BCUT2D eigenvalue weighted by Gasteiger charge is 2.51. The lowest BCUT2D eigenvalue weighted by atomic mass is 10.1. The molecule has 0 aromatic heterocycles. The molecule has 0 N–H and O–H groups in total. The Morgan fingerprint density at radius 3 is 2.16 bits per heavy atom. The van der Waals surface area contributed by atoms with Gasteiger partial charge in [0.1, 0.15) is 12.2 Å². The summed E-state index contributed by atoms with van der Waals surface area (Å²) in [5.41, 5.74) is 0. The molecule has 0 aromatic rings. The molecule has 0 radical (unpaired) electrons. The number of carbonyl (C=O) groups is 2. The van der Waals surface area contributed by atoms with E-state index in [0.29, 0.717) is 0 Å². The molecule has 6 nitrogen and oxygen atoms in total. The highest BCUT2D eigenvalue weighted by atomic mass is 16.7. The average Bonchev–Trinajstić information content (AvgIpc) is 2.92. The van der Waals surface area contributed by atoms with Crippen molar-refractivity contribution in [2.75, 3.05) is 13.2 Å². The zero-order valence-electron chi connectivity index (χ0n) is 11.5. The average molecular weight is 272 g/mol. The molecule has 6 heteroatoms. The first-order chi connectivity index (χ1) is 9.02. The van der Waals surface area contributed by atoms with E-state index in [1.54, 1.807) is 0 Å². The molecule has 2 heterocycles. The predicted molar refractivity (Wildman–Crippen MR) is 64.4 cm³/mol. The maximum Gasteiger partial charge on any atom is 0.309 e. The van der Waals surface area contributed by atoms with Crippen LogP contribution in [0.5, 0.6) is 0 Å². The Bertz CT molecular complexity index is 355. The lowest BCUT2D eigenvalue weighted by molar-refractivity contribution is -0.158. The first-order valence-corrected chi connectivity index (χ1v) is 6.63. The van der Waals surface area contributed by atoms with Crippen molar-refractivity contribution in [1.82, 2.24) is 0 Å². The summed E-state index contributed by atoms with van der Waals surface area (Å²) in [7, 11) is 0. The minimum absolute atomic E-state index is 0.135. The van der Waals surface area contributed by atoms with Crippen molar-refractivity contribution in [2.45, 2.75) is 51.6 Å². The molecule has 5 atom stereocenters. The van der Waals surface area contributed by atoms with E-state index in [2.05, 4.69) is 0 Å². The van der Waals surface area contributed by atoms with Crippen LogP contribution in [-0.2, 0) is 28.5 Å². The minimum atomic E-state index is -0.410. The van der Waals surface area contributed by atoms with Crippen molar-refractivity contribution >= 4 is 11.9 Å². The minimum Gasteiger partial charge on any atom is -0.457 e. The molecule has 0 aromatic carbocycles. The van der Waals surface area contributed by atoms with Gasteiger partial charge in [-0.25, -0.2) is 0 Å². The molecule has 0 aliphatic carbocycles. The largest absolute Gasteiger partial charge is 0.457 e. The number of hydrogen-bond donors (Lipinski definition) is 0. The molecule has 0 bridgehead atoms. The molecule has 2 rings (SSSR count). The van der Waals surface area contributed by atoms with Gasteiger partial charge in [-0.1, -0.05) is 13.8 Å². The first kappa shape index (κ1) is 14.3. The standard InChI is InChI=1S/C13H20O6/c1-4-7(2)13(15)19-10-6-17-11-9(18-8(3)14)5-16-12(10)11/h7,9-12H,4-6H2,1-3H3. The molecule has 5 unspecified atom stereocenters. The molecule has 2 aliphatic rings. The molecular weight excluding hydrogens is 252 g/mol. The molecule has 19 heavy (non-hydrogen) atoms. The van der Waals surface area contributed by atoms with Gasteiger partial charge >= 0.3 is 11.9 Å². The Balaban J connectivity index is 1.90. The summed E-state index contributed by atoms with van der Waals surface area (Å²) in [6.45, 7) is 5.68. The smallest absolute Gasteiger partial charge is 0.309 e. The van der Waals surface area contributed by atoms with E-state index in [1.807, 2.05) is 13.8 Å². The number of carbonyl (C=O) groups excluding carboxylic acids is 2. The fourth-order valence-electron chi connectivity index (χ4n) is 2.28. The predicted octanol–water partition coefficient (Wildman–Crippen LogP) is 0.674. The van der Waals surface area contributed by atoms with Gasteiger partial charge in [0.15, 0.2) is 12.2 Å². The Hall–Kier alpha value is -1.14. The number of rotatable bonds is 4. The third kappa shape index (κ3) is 3.06. The molecule has 0 saturated carbocycles. The van der Waals surface area contributed by atoms with Gasteiger partial charge in [-0.3, -0.25) is 9.59 Å². The van der Waals surface area contributed by atoms with Crippen LogP contribution in [0, 0.1) is 5.92 Å². The quantitative estimate of drug-likeness (QED) is 0.701. The van der Waals surface area contributed by atoms with E-state index in [1.165, 1.54) is 6.92 Å². The van der Waals surface area contributed by atoms with Crippen molar-refractivity contribution in [3.05, 3.63) is 0 Å². The summed E-state index contributed by atoms with van der Waals surface area (Å²) in [5.74, 6) is -0.737. The Labute approximate surface area is 112 Å². The normalized spacial score (nSPS) is 34.7. The van der Waals surface area contributed by atoms with Crippen molar-refractivity contribution in [2.24, 2.45) is 5.92 Å². The maximum atomic E-state index is 11.8. The number of fused-ring (bicyclic) bond motifs is 1. The summed E-state index contributed by atoms with van der Waals surface area (Å²) >= 11 is 0. The highest BCUT2D eigenvalue weighted by Crippen LogP contribution is 2.31. The summed E-state index contributed by atoms with van der Waals surface area (Å²) in [6.07, 6.45) is -0.755. The van der Waals surface area contributed by atoms with E-state index in [-0.39, 0.29) is 43.3 Å². The van der Waals surface area contributed by atoms with E-state index >= 15 is 0 Å². The fraction of sp³-hybridized carbons (Fsp3) is 0.846. The first-order valence-electron chi connectivity index (χ1n) is 6.63. The summed E-state index contributed by atoms with van der Waals surface area (Å²) in [5, 5.41) is 0. The van der Waals surface area contributed by atoms with Gasteiger partial charge in [-0.15, -0.1) is 0 Å². The van der Waals surface area contributed by atoms with Crippen molar-refractivity contribution in [1.29, 1.82) is 0 Å². The van der Waals surface area contributed by atoms with Crippen LogP contribution in [0.4, 0.5) is 0 Å². The third-order valence-corrected chi connectivity index (χ3v) is 3.56. The van der Waals surface area contributed by atoms with Crippen LogP contribution in [0.15, 0.2) is 0 Å². The van der Waals surface area contributed by atoms with Gasteiger partial charge in [-0.05, 0) is 6.42 Å². The molecular formula is C13H20O6. The molecule has 0 amide bonds. The summed E-state index contributed by atoms with van der Waals surface area (Å²) < 4.78 is 21.6. The lowest BCUT2D eigenvalue weighted by Gasteiger charge is -2.18. The van der Waals surface area contributed by atoms with Gasteiger partial charge in [0.2, 0.25) is 0 Å². The highest BCUT2D eigenvalue weighted by molar-refractivity contribution is 5.72. The van der Waals surface area contributed by atoms with Gasteiger partial charge in [-0.2, -0.15) is 0 Å². The fourth-order valence-corrected chi connectivity index (χ4v) is 2.28. The molecule has 2 aliphatic heterocycles. The van der Waals surface area contributed by atoms with E-state index in [0.717, 1.165) is 6.42 Å². The number of esters is 2. The monoisotopic (exact) mass is 272 g/mol. The van der Waals surface area contributed by atoms with Crippen molar-refractivity contribution < 1.29 is 28.5 Å². The van der Waals surface area contributed by atoms with Crippen LogP contribution in [0.3, 0.4) is 0 Å². The van der Waals surface area contributed by atoms with E-state index in [9.17, 15) is 9.59 Å². The molecule has 0 spiro atoms. The van der Waals surface area contributed by atoms with Crippen LogP contribution in [0.1, 0.15) is 27.2 Å². The number of ether oxygens (including phenoxy) is 4. The van der Waals surface area contributed by atoms with Crippen LogP contribution in [-0.4, -0.2) is 49.6 Å². The van der Waals surface area contributed by atoms with Crippen LogP contribution >= 0.6 is 0 Å². The van der Waals surface area contributed by atoms with Crippen molar-refractivity contribution in [3.63, 3.8) is 0 Å². The summed E-state index contributed by atoms with van der Waals surface area (Å²) in [4.78, 5) is 22.7. The SMILES string of the molecule is CCC(C)C(=O)OC1COC2C(OC(C)=O)COC12. The number of hydrogen-bond acceptors (Lipinski definition) is 6. The van der Waals surface area contributed by atoms with Crippen LogP contribution in [0.25, 0.3) is 0 Å². The lowest BCUT2D eigenvalue weighted by Crippen LogP contribution is -2.36. The second kappa shape index (κ2) is 5.88. The second-order valence-electron chi connectivity index (χ2n) is 5.03. The van der Waals surface area contributed by atoms with Gasteiger partial charge in [0.05, 0.1) is 19.1 Å². The molecule has 2 saturated heterocycles. The topological polar surface area (TPSA) is 71.1 Å². The van der Waals surface area contributed by atoms with Gasteiger partial charge in [0.25, 0.3) is 0 Å². The zero-order valence-corrected chi connectivity index (χ0v) is 11.5. The molecule has 108 valence electrons. The maximum absolute atomic E-state index is 11.8. The third-order valence-electron chi connectivity index (χ3n) is 3.56. The van der Waals surface area contributed by atoms with Gasteiger partial charge < -0.3 is 18.9 Å². The van der Waals surface area contributed by atoms with E-state index in [4.69, 9.17) is 18.9 Å². The Morgan fingerprint density at radius 2 is 1.68 bits per heavy atom. The van der Waals surface area contributed by atoms with Gasteiger partial charge in [0, 0.05) is 6.92 Å². The van der Waals surface area contributed by atoms with Crippen LogP contribution < -0.4 is 0 Å². The van der Waals surface area contributed by atoms with Crippen molar-refractivity contribution in [3.8, 4) is 0 Å². The Kier molecular flexibility index (Phi) is 4.42. The zero-order chi connectivity index (χ0) is 14.0. The second-order valence-corrected chi connectivity index (χ2v) is 5.03. The van der Waals surface area contributed by atoms with Crippen LogP contribution in [0.2, 0.25) is 0 Å². The summed E-state index contributed by atoms with van der Waals surface area (Å²) in [6, 6.07) is 0. The Morgan fingerprint density at radius 1 is 1.16 bits per heavy atom.